The smallest absolute Gasteiger partial charge is 0.0658 e. The van der Waals surface area contributed by atoms with Crippen molar-refractivity contribution in [1.82, 2.24) is 0 Å². The average molecular weight is 298 g/mol. The molecule has 1 aliphatic rings. The second-order valence-electron chi connectivity index (χ2n) is 5.32. The molecule has 3 heteroatoms. The second kappa shape index (κ2) is 5.40. The summed E-state index contributed by atoms with van der Waals surface area (Å²) in [7, 11) is 0. The number of aliphatic hydroxyl groups is 1. The van der Waals surface area contributed by atoms with Crippen molar-refractivity contribution >= 4 is 21.6 Å². The number of rotatable bonds is 5. The van der Waals surface area contributed by atoms with E-state index in [1.165, 1.54) is 19.3 Å². The van der Waals surface area contributed by atoms with Crippen LogP contribution in [0.2, 0.25) is 0 Å². The van der Waals surface area contributed by atoms with Gasteiger partial charge in [0.05, 0.1) is 12.1 Å². The van der Waals surface area contributed by atoms with Crippen molar-refractivity contribution in [3.63, 3.8) is 0 Å². The van der Waals surface area contributed by atoms with Crippen LogP contribution in [0.5, 0.6) is 0 Å². The highest BCUT2D eigenvalue weighted by Crippen LogP contribution is 2.35. The van der Waals surface area contributed by atoms with Gasteiger partial charge < -0.3 is 10.4 Å². The Morgan fingerprint density at radius 1 is 1.41 bits per heavy atom. The monoisotopic (exact) mass is 297 g/mol. The van der Waals surface area contributed by atoms with Gasteiger partial charge in [-0.25, -0.2) is 0 Å². The molecule has 1 fully saturated rings. The van der Waals surface area contributed by atoms with Crippen molar-refractivity contribution in [3.05, 3.63) is 28.7 Å². The molecule has 0 heterocycles. The molecule has 1 aromatic rings. The largest absolute Gasteiger partial charge is 0.394 e. The van der Waals surface area contributed by atoms with Gasteiger partial charge in [0.2, 0.25) is 0 Å². The minimum atomic E-state index is -0.213. The zero-order valence-electron chi connectivity index (χ0n) is 10.2. The Bertz CT molecular complexity index is 378. The summed E-state index contributed by atoms with van der Waals surface area (Å²) in [6, 6.07) is 8.06. The molecule has 1 saturated carbocycles. The molecular formula is C14H20BrNO. The number of hydrogen-bond acceptors (Lipinski definition) is 2. The van der Waals surface area contributed by atoms with E-state index >= 15 is 0 Å². The quantitative estimate of drug-likeness (QED) is 0.866. The molecule has 2 N–H and O–H groups in total. The van der Waals surface area contributed by atoms with Crippen molar-refractivity contribution < 1.29 is 5.11 Å². The highest BCUT2D eigenvalue weighted by molar-refractivity contribution is 9.10. The van der Waals surface area contributed by atoms with E-state index in [-0.39, 0.29) is 12.1 Å². The molecule has 1 aromatic carbocycles. The van der Waals surface area contributed by atoms with Crippen LogP contribution in [0.1, 0.15) is 32.6 Å². The van der Waals surface area contributed by atoms with E-state index in [1.807, 2.05) is 24.3 Å². The molecule has 0 saturated heterocycles. The van der Waals surface area contributed by atoms with E-state index in [4.69, 9.17) is 0 Å². The maximum atomic E-state index is 9.63. The first kappa shape index (κ1) is 12.9. The third-order valence-corrected chi connectivity index (χ3v) is 4.31. The van der Waals surface area contributed by atoms with E-state index in [0.717, 1.165) is 22.5 Å². The average Bonchev–Trinajstić information content (AvgIpc) is 2.27. The second-order valence-corrected chi connectivity index (χ2v) is 6.18. The van der Waals surface area contributed by atoms with Gasteiger partial charge in [0.15, 0.2) is 0 Å². The maximum Gasteiger partial charge on any atom is 0.0658 e. The number of nitrogens with one attached hydrogen (secondary N) is 1. The van der Waals surface area contributed by atoms with Crippen molar-refractivity contribution in [1.29, 1.82) is 0 Å². The number of halogens is 1. The molecule has 1 atom stereocenters. The highest BCUT2D eigenvalue weighted by Gasteiger charge is 2.30. The SMILES string of the molecule is CC(CO)(CC1CCC1)Nc1ccccc1Br. The van der Waals surface area contributed by atoms with E-state index in [0.29, 0.717) is 0 Å². The number of hydrogen-bond donors (Lipinski definition) is 2. The standard InChI is InChI=1S/C14H20BrNO/c1-14(10-17,9-11-5-4-6-11)16-13-8-3-2-7-12(13)15/h2-3,7-8,11,16-17H,4-6,9-10H2,1H3. The molecule has 1 unspecified atom stereocenters. The number of aliphatic hydroxyl groups excluding tert-OH is 1. The zero-order valence-corrected chi connectivity index (χ0v) is 11.8. The fourth-order valence-electron chi connectivity index (χ4n) is 2.38. The maximum absolute atomic E-state index is 9.63. The van der Waals surface area contributed by atoms with Gasteiger partial charge in [0, 0.05) is 10.2 Å². The van der Waals surface area contributed by atoms with Crippen molar-refractivity contribution in [2.75, 3.05) is 11.9 Å². The Labute approximate surface area is 112 Å². The van der Waals surface area contributed by atoms with Crippen LogP contribution in [0.4, 0.5) is 5.69 Å². The van der Waals surface area contributed by atoms with Crippen LogP contribution < -0.4 is 5.32 Å². The molecule has 94 valence electrons. The van der Waals surface area contributed by atoms with Crippen LogP contribution in [-0.2, 0) is 0 Å². The Morgan fingerprint density at radius 3 is 2.65 bits per heavy atom. The van der Waals surface area contributed by atoms with Gasteiger partial charge in [-0.15, -0.1) is 0 Å². The lowest BCUT2D eigenvalue weighted by Crippen LogP contribution is -2.42. The van der Waals surface area contributed by atoms with E-state index < -0.39 is 0 Å². The van der Waals surface area contributed by atoms with Gasteiger partial charge in [-0.3, -0.25) is 0 Å². The Hall–Kier alpha value is -0.540. The minimum Gasteiger partial charge on any atom is -0.394 e. The van der Waals surface area contributed by atoms with E-state index in [9.17, 15) is 5.11 Å². The van der Waals surface area contributed by atoms with Gasteiger partial charge in [0.1, 0.15) is 0 Å². The van der Waals surface area contributed by atoms with Crippen molar-refractivity contribution in [3.8, 4) is 0 Å². The summed E-state index contributed by atoms with van der Waals surface area (Å²) in [4.78, 5) is 0. The summed E-state index contributed by atoms with van der Waals surface area (Å²) >= 11 is 3.53. The Balaban J connectivity index is 2.05. The van der Waals surface area contributed by atoms with Crippen LogP contribution in [0, 0.1) is 5.92 Å². The zero-order chi connectivity index (χ0) is 12.3. The fourth-order valence-corrected chi connectivity index (χ4v) is 2.76. The molecule has 0 amide bonds. The van der Waals surface area contributed by atoms with Gasteiger partial charge >= 0.3 is 0 Å². The van der Waals surface area contributed by atoms with Crippen LogP contribution >= 0.6 is 15.9 Å². The van der Waals surface area contributed by atoms with Crippen LogP contribution in [0.15, 0.2) is 28.7 Å². The van der Waals surface area contributed by atoms with Gasteiger partial charge in [-0.1, -0.05) is 31.4 Å². The molecule has 1 aliphatic carbocycles. The first-order chi connectivity index (χ1) is 8.13. The summed E-state index contributed by atoms with van der Waals surface area (Å²) < 4.78 is 1.05. The first-order valence-electron chi connectivity index (χ1n) is 6.26. The molecule has 2 nitrogen and oxygen atoms in total. The normalized spacial score (nSPS) is 19.5. The highest BCUT2D eigenvalue weighted by atomic mass is 79.9. The molecule has 0 radical (unpaired) electrons. The third kappa shape index (κ3) is 3.23. The summed E-state index contributed by atoms with van der Waals surface area (Å²) in [5.41, 5.74) is 0.845. The van der Waals surface area contributed by atoms with Crippen molar-refractivity contribution in [2.45, 2.75) is 38.1 Å². The van der Waals surface area contributed by atoms with Gasteiger partial charge in [-0.05, 0) is 47.3 Å². The molecule has 0 bridgehead atoms. The fraction of sp³-hybridized carbons (Fsp3) is 0.571. The van der Waals surface area contributed by atoms with E-state index in [1.54, 1.807) is 0 Å². The minimum absolute atomic E-state index is 0.171. The number of anilines is 1. The molecule has 0 spiro atoms. The van der Waals surface area contributed by atoms with Crippen molar-refractivity contribution in [2.24, 2.45) is 5.92 Å². The summed E-state index contributed by atoms with van der Waals surface area (Å²) in [6.45, 7) is 2.27. The molecule has 0 aromatic heterocycles. The van der Waals surface area contributed by atoms with Gasteiger partial charge in [-0.2, -0.15) is 0 Å². The lowest BCUT2D eigenvalue weighted by atomic mass is 9.76. The lowest BCUT2D eigenvalue weighted by Gasteiger charge is -2.37. The molecule has 2 rings (SSSR count). The van der Waals surface area contributed by atoms with Crippen LogP contribution in [0.3, 0.4) is 0 Å². The number of benzene rings is 1. The summed E-state index contributed by atoms with van der Waals surface area (Å²) in [6.07, 6.45) is 5.02. The van der Waals surface area contributed by atoms with Crippen LogP contribution in [-0.4, -0.2) is 17.3 Å². The number of para-hydroxylation sites is 1. The summed E-state index contributed by atoms with van der Waals surface area (Å²) in [5, 5.41) is 13.1. The Morgan fingerprint density at radius 2 is 2.12 bits per heavy atom. The molecule has 17 heavy (non-hydrogen) atoms. The first-order valence-corrected chi connectivity index (χ1v) is 7.06. The lowest BCUT2D eigenvalue weighted by molar-refractivity contribution is 0.167. The predicted octanol–water partition coefficient (Wildman–Crippen LogP) is 3.80. The van der Waals surface area contributed by atoms with Gasteiger partial charge in [0.25, 0.3) is 0 Å². The molecular weight excluding hydrogens is 278 g/mol. The molecule has 0 aliphatic heterocycles. The van der Waals surface area contributed by atoms with E-state index in [2.05, 4.69) is 28.2 Å². The summed E-state index contributed by atoms with van der Waals surface area (Å²) in [5.74, 6) is 0.780. The topological polar surface area (TPSA) is 32.3 Å². The third-order valence-electron chi connectivity index (χ3n) is 3.62. The Kier molecular flexibility index (Phi) is 4.10. The van der Waals surface area contributed by atoms with Crippen LogP contribution in [0.25, 0.3) is 0 Å². The predicted molar refractivity (Wildman–Crippen MR) is 75.2 cm³/mol.